The number of aromatic nitrogens is 1. The van der Waals surface area contributed by atoms with E-state index in [4.69, 9.17) is 4.74 Å². The summed E-state index contributed by atoms with van der Waals surface area (Å²) in [5, 5.41) is 7.08. The number of fused-ring (bicyclic) bond motifs is 1. The summed E-state index contributed by atoms with van der Waals surface area (Å²) in [6, 6.07) is 11.2. The highest BCUT2D eigenvalue weighted by Crippen LogP contribution is 2.29. The van der Waals surface area contributed by atoms with E-state index in [0.717, 1.165) is 24.5 Å². The molecule has 3 aromatic rings. The Morgan fingerprint density at radius 2 is 2.27 bits per heavy atom. The smallest absolute Gasteiger partial charge is 0.119 e. The molecule has 2 aromatic heterocycles. The Labute approximate surface area is 162 Å². The van der Waals surface area contributed by atoms with Crippen LogP contribution in [0.3, 0.4) is 0 Å². The Bertz CT molecular complexity index is 883. The highest BCUT2D eigenvalue weighted by molar-refractivity contribution is 7.98. The fourth-order valence-corrected chi connectivity index (χ4v) is 5.28. The molecule has 3 heterocycles. The number of aromatic amines is 1. The lowest BCUT2D eigenvalue weighted by atomic mass is 9.99. The second kappa shape index (κ2) is 8.33. The van der Waals surface area contributed by atoms with Crippen molar-refractivity contribution in [3.8, 4) is 5.75 Å². The Hall–Kier alpha value is -1.69. The van der Waals surface area contributed by atoms with E-state index in [-0.39, 0.29) is 0 Å². The van der Waals surface area contributed by atoms with E-state index < -0.39 is 0 Å². The van der Waals surface area contributed by atoms with Gasteiger partial charge in [-0.15, -0.1) is 11.3 Å². The van der Waals surface area contributed by atoms with Gasteiger partial charge in [0.2, 0.25) is 0 Å². The third-order valence-corrected chi connectivity index (χ3v) is 6.89. The second-order valence-electron chi connectivity index (χ2n) is 6.58. The lowest BCUT2D eigenvalue weighted by Gasteiger charge is -2.23. The van der Waals surface area contributed by atoms with Gasteiger partial charge in [0.25, 0.3) is 0 Å². The molecule has 0 spiro atoms. The fourth-order valence-electron chi connectivity index (χ4n) is 3.45. The number of hydrogen-bond acceptors (Lipinski definition) is 4. The van der Waals surface area contributed by atoms with Crippen molar-refractivity contribution in [1.29, 1.82) is 0 Å². The van der Waals surface area contributed by atoms with Gasteiger partial charge in [-0.25, -0.2) is 0 Å². The Morgan fingerprint density at radius 1 is 1.31 bits per heavy atom. The Morgan fingerprint density at radius 3 is 3.12 bits per heavy atom. The molecule has 1 aliphatic rings. The first-order valence-corrected chi connectivity index (χ1v) is 11.0. The van der Waals surface area contributed by atoms with Crippen molar-refractivity contribution in [2.24, 2.45) is 0 Å². The van der Waals surface area contributed by atoms with Crippen LogP contribution in [-0.2, 0) is 5.75 Å². The van der Waals surface area contributed by atoms with Crippen LogP contribution in [0.4, 0.5) is 0 Å². The van der Waals surface area contributed by atoms with E-state index in [1.165, 1.54) is 39.1 Å². The third kappa shape index (κ3) is 4.00. The van der Waals surface area contributed by atoms with Gasteiger partial charge < -0.3 is 15.0 Å². The van der Waals surface area contributed by atoms with Gasteiger partial charge in [0.1, 0.15) is 5.75 Å². The van der Waals surface area contributed by atoms with Crippen LogP contribution < -0.4 is 10.1 Å². The first-order chi connectivity index (χ1) is 12.8. The van der Waals surface area contributed by atoms with E-state index in [2.05, 4.69) is 52.2 Å². The minimum atomic E-state index is 0.590. The largest absolute Gasteiger partial charge is 0.497 e. The zero-order valence-corrected chi connectivity index (χ0v) is 16.6. The Kier molecular flexibility index (Phi) is 5.68. The molecule has 5 heteroatoms. The molecule has 0 amide bonds. The van der Waals surface area contributed by atoms with E-state index in [0.29, 0.717) is 6.04 Å². The maximum absolute atomic E-state index is 5.36. The number of rotatable bonds is 7. The van der Waals surface area contributed by atoms with Gasteiger partial charge in [-0.05, 0) is 59.4 Å². The molecular weight excluding hydrogens is 360 g/mol. The Balaban J connectivity index is 1.29. The SMILES string of the molecule is COc1ccc2[nH]cc(CSCCC3CC(c4cccs4)=CCN3)c2c1. The molecule has 1 aromatic carbocycles. The minimum absolute atomic E-state index is 0.590. The van der Waals surface area contributed by atoms with E-state index >= 15 is 0 Å². The van der Waals surface area contributed by atoms with Gasteiger partial charge in [-0.1, -0.05) is 12.1 Å². The molecule has 1 aliphatic heterocycles. The second-order valence-corrected chi connectivity index (χ2v) is 8.64. The average molecular weight is 385 g/mol. The number of hydrogen-bond donors (Lipinski definition) is 2. The molecule has 3 nitrogen and oxygen atoms in total. The number of benzene rings is 1. The summed E-state index contributed by atoms with van der Waals surface area (Å²) < 4.78 is 5.36. The van der Waals surface area contributed by atoms with Crippen LogP contribution >= 0.6 is 23.1 Å². The van der Waals surface area contributed by atoms with Crippen molar-refractivity contribution in [1.82, 2.24) is 10.3 Å². The van der Waals surface area contributed by atoms with Crippen LogP contribution in [0.2, 0.25) is 0 Å². The first kappa shape index (κ1) is 17.7. The fraction of sp³-hybridized carbons (Fsp3) is 0.333. The van der Waals surface area contributed by atoms with Crippen LogP contribution in [0.1, 0.15) is 23.3 Å². The van der Waals surface area contributed by atoms with E-state index in [1.54, 1.807) is 7.11 Å². The van der Waals surface area contributed by atoms with Crippen LogP contribution in [0.5, 0.6) is 5.75 Å². The van der Waals surface area contributed by atoms with Crippen molar-refractivity contribution in [3.05, 3.63) is 58.4 Å². The van der Waals surface area contributed by atoms with Gasteiger partial charge in [0.05, 0.1) is 7.11 Å². The van der Waals surface area contributed by atoms with Crippen molar-refractivity contribution >= 4 is 39.6 Å². The normalized spacial score (nSPS) is 17.4. The summed E-state index contributed by atoms with van der Waals surface area (Å²) in [6.45, 7) is 0.991. The summed E-state index contributed by atoms with van der Waals surface area (Å²) in [5.74, 6) is 3.13. The van der Waals surface area contributed by atoms with Crippen LogP contribution in [0, 0.1) is 0 Å². The maximum Gasteiger partial charge on any atom is 0.119 e. The first-order valence-electron chi connectivity index (χ1n) is 9.01. The number of nitrogens with one attached hydrogen (secondary N) is 2. The zero-order valence-electron chi connectivity index (χ0n) is 15.0. The van der Waals surface area contributed by atoms with Crippen molar-refractivity contribution < 1.29 is 4.74 Å². The van der Waals surface area contributed by atoms with Gasteiger partial charge in [0.15, 0.2) is 0 Å². The predicted octanol–water partition coefficient (Wildman–Crippen LogP) is 5.31. The molecule has 136 valence electrons. The lowest BCUT2D eigenvalue weighted by Crippen LogP contribution is -2.33. The molecule has 0 radical (unpaired) electrons. The molecular formula is C21H24N2OS2. The summed E-state index contributed by atoms with van der Waals surface area (Å²) >= 11 is 3.86. The van der Waals surface area contributed by atoms with E-state index in [1.807, 2.05) is 29.2 Å². The van der Waals surface area contributed by atoms with Crippen molar-refractivity contribution in [2.75, 3.05) is 19.4 Å². The van der Waals surface area contributed by atoms with Gasteiger partial charge >= 0.3 is 0 Å². The molecule has 26 heavy (non-hydrogen) atoms. The molecule has 0 aliphatic carbocycles. The molecule has 1 atom stereocenters. The molecule has 0 saturated carbocycles. The monoisotopic (exact) mass is 384 g/mol. The minimum Gasteiger partial charge on any atom is -0.497 e. The molecule has 4 rings (SSSR count). The van der Waals surface area contributed by atoms with Gasteiger partial charge in [-0.3, -0.25) is 0 Å². The topological polar surface area (TPSA) is 37.0 Å². The van der Waals surface area contributed by atoms with Crippen molar-refractivity contribution in [3.63, 3.8) is 0 Å². The van der Waals surface area contributed by atoms with Gasteiger partial charge in [-0.2, -0.15) is 11.8 Å². The standard InChI is InChI=1S/C21H24N2OS2/c1-24-18-4-5-20-19(12-18)16(13-23-20)14-25-10-7-17-11-15(6-8-22-17)21-3-2-9-26-21/h2-6,9,12-13,17,22-23H,7-8,10-11,14H2,1H3. The highest BCUT2D eigenvalue weighted by atomic mass is 32.2. The van der Waals surface area contributed by atoms with Crippen LogP contribution in [-0.4, -0.2) is 30.4 Å². The number of H-pyrrole nitrogens is 1. The summed E-state index contributed by atoms with van der Waals surface area (Å²) in [7, 11) is 1.72. The average Bonchev–Trinajstić information content (AvgIpc) is 3.35. The zero-order chi connectivity index (χ0) is 17.8. The third-order valence-electron chi connectivity index (χ3n) is 4.90. The summed E-state index contributed by atoms with van der Waals surface area (Å²) in [6.07, 6.45) is 6.83. The predicted molar refractivity (Wildman–Crippen MR) is 114 cm³/mol. The number of thiophene rings is 1. The van der Waals surface area contributed by atoms with Crippen LogP contribution in [0.15, 0.2) is 48.0 Å². The summed E-state index contributed by atoms with van der Waals surface area (Å²) in [5.41, 5.74) is 4.05. The maximum atomic E-state index is 5.36. The number of methoxy groups -OCH3 is 1. The van der Waals surface area contributed by atoms with Crippen molar-refractivity contribution in [2.45, 2.75) is 24.6 Å². The number of ether oxygens (including phenoxy) is 1. The molecule has 0 bridgehead atoms. The summed E-state index contributed by atoms with van der Waals surface area (Å²) in [4.78, 5) is 4.79. The van der Waals surface area contributed by atoms with Crippen LogP contribution in [0.25, 0.3) is 16.5 Å². The molecule has 1 unspecified atom stereocenters. The number of thioether (sulfide) groups is 1. The molecule has 2 N–H and O–H groups in total. The lowest BCUT2D eigenvalue weighted by molar-refractivity contribution is 0.415. The van der Waals surface area contributed by atoms with E-state index in [9.17, 15) is 0 Å². The quantitative estimate of drug-likeness (QED) is 0.542. The molecule has 0 saturated heterocycles. The highest BCUT2D eigenvalue weighted by Gasteiger charge is 2.16. The van der Waals surface area contributed by atoms with Gasteiger partial charge in [0, 0.05) is 40.3 Å². The molecule has 0 fully saturated rings.